The summed E-state index contributed by atoms with van der Waals surface area (Å²) in [6, 6.07) is 1.26. The minimum Gasteiger partial charge on any atom is -0.391 e. The summed E-state index contributed by atoms with van der Waals surface area (Å²) in [5, 5.41) is 23.6. The molecule has 1 aromatic rings. The van der Waals surface area contributed by atoms with Crippen molar-refractivity contribution >= 4 is 11.6 Å². The average Bonchev–Trinajstić information content (AvgIpc) is 3.19. The summed E-state index contributed by atoms with van der Waals surface area (Å²) in [5.74, 6) is -0.332. The van der Waals surface area contributed by atoms with Crippen molar-refractivity contribution in [3.8, 4) is 0 Å². The van der Waals surface area contributed by atoms with Gasteiger partial charge in [0.05, 0.1) is 23.3 Å². The van der Waals surface area contributed by atoms with Crippen LogP contribution in [0.3, 0.4) is 0 Å². The fourth-order valence-corrected chi connectivity index (χ4v) is 2.92. The standard InChI is InChI=1S/C14H19N3O4/c18-13-4-2-1-3-11(13)15-14(19)12-7-10(17(20)21)8-16(12)9-5-6-9/h7-9,11,13,18H,1-6H2,(H,15,19)/t11-,13-/m0/s1. The first-order valence-electron chi connectivity index (χ1n) is 7.41. The van der Waals surface area contributed by atoms with Crippen molar-refractivity contribution in [2.75, 3.05) is 0 Å². The van der Waals surface area contributed by atoms with E-state index in [1.807, 2.05) is 0 Å². The van der Waals surface area contributed by atoms with E-state index < -0.39 is 11.0 Å². The van der Waals surface area contributed by atoms with Crippen molar-refractivity contribution in [3.05, 3.63) is 28.1 Å². The van der Waals surface area contributed by atoms with Crippen LogP contribution in [0.4, 0.5) is 5.69 Å². The Bertz CT molecular complexity index is 565. The molecular formula is C14H19N3O4. The molecule has 114 valence electrons. The molecule has 1 amide bonds. The first-order chi connectivity index (χ1) is 10.1. The summed E-state index contributed by atoms with van der Waals surface area (Å²) in [6.07, 6.45) is 6.18. The number of nitrogens with zero attached hydrogens (tertiary/aromatic N) is 2. The van der Waals surface area contributed by atoms with Gasteiger partial charge in [0, 0.05) is 12.1 Å². The third-order valence-electron chi connectivity index (χ3n) is 4.26. The molecule has 2 saturated carbocycles. The van der Waals surface area contributed by atoms with Crippen molar-refractivity contribution in [1.29, 1.82) is 0 Å². The molecule has 0 radical (unpaired) electrons. The molecule has 2 aliphatic rings. The highest BCUT2D eigenvalue weighted by atomic mass is 16.6. The van der Waals surface area contributed by atoms with E-state index in [1.54, 1.807) is 4.57 Å². The van der Waals surface area contributed by atoms with Gasteiger partial charge in [0.2, 0.25) is 0 Å². The van der Waals surface area contributed by atoms with Crippen LogP contribution in [0.25, 0.3) is 0 Å². The zero-order chi connectivity index (χ0) is 15.0. The lowest BCUT2D eigenvalue weighted by atomic mass is 9.92. The van der Waals surface area contributed by atoms with Crippen molar-refractivity contribution in [2.45, 2.75) is 56.7 Å². The van der Waals surface area contributed by atoms with Crippen molar-refractivity contribution in [2.24, 2.45) is 0 Å². The number of rotatable bonds is 4. The van der Waals surface area contributed by atoms with Crippen LogP contribution in [0, 0.1) is 10.1 Å². The molecule has 21 heavy (non-hydrogen) atoms. The van der Waals surface area contributed by atoms with E-state index in [4.69, 9.17) is 0 Å². The Morgan fingerprint density at radius 1 is 1.33 bits per heavy atom. The van der Waals surface area contributed by atoms with Crippen LogP contribution < -0.4 is 5.32 Å². The molecule has 0 aliphatic heterocycles. The number of aliphatic hydroxyl groups is 1. The topological polar surface area (TPSA) is 97.4 Å². The third-order valence-corrected chi connectivity index (χ3v) is 4.26. The highest BCUT2D eigenvalue weighted by Gasteiger charge is 2.32. The first-order valence-corrected chi connectivity index (χ1v) is 7.41. The van der Waals surface area contributed by atoms with Crippen LogP contribution >= 0.6 is 0 Å². The quantitative estimate of drug-likeness (QED) is 0.653. The predicted molar refractivity (Wildman–Crippen MR) is 75.1 cm³/mol. The van der Waals surface area contributed by atoms with Crippen LogP contribution in [0.5, 0.6) is 0 Å². The molecule has 0 saturated heterocycles. The zero-order valence-electron chi connectivity index (χ0n) is 11.7. The lowest BCUT2D eigenvalue weighted by Crippen LogP contribution is -2.45. The second-order valence-electron chi connectivity index (χ2n) is 5.91. The number of amides is 1. The second-order valence-corrected chi connectivity index (χ2v) is 5.91. The second kappa shape index (κ2) is 5.48. The molecule has 0 aromatic carbocycles. The van der Waals surface area contributed by atoms with E-state index >= 15 is 0 Å². The Kier molecular flexibility index (Phi) is 3.67. The number of nitrogens with one attached hydrogen (secondary N) is 1. The SMILES string of the molecule is O=C(N[C@H]1CCCC[C@@H]1O)c1cc([N+](=O)[O-])cn1C1CC1. The van der Waals surface area contributed by atoms with Gasteiger partial charge in [0.15, 0.2) is 0 Å². The largest absolute Gasteiger partial charge is 0.391 e. The van der Waals surface area contributed by atoms with Crippen molar-refractivity contribution < 1.29 is 14.8 Å². The predicted octanol–water partition coefficient (Wildman–Crippen LogP) is 1.76. The third kappa shape index (κ3) is 2.92. The van der Waals surface area contributed by atoms with Gasteiger partial charge in [0.25, 0.3) is 11.6 Å². The maximum atomic E-state index is 12.4. The summed E-state index contributed by atoms with van der Waals surface area (Å²) in [5.41, 5.74) is 0.262. The Morgan fingerprint density at radius 3 is 2.67 bits per heavy atom. The van der Waals surface area contributed by atoms with E-state index in [0.29, 0.717) is 12.1 Å². The molecule has 0 spiro atoms. The van der Waals surface area contributed by atoms with Crippen LogP contribution in [0.1, 0.15) is 55.1 Å². The summed E-state index contributed by atoms with van der Waals surface area (Å²) >= 11 is 0. The monoisotopic (exact) mass is 293 g/mol. The van der Waals surface area contributed by atoms with Gasteiger partial charge in [-0.15, -0.1) is 0 Å². The van der Waals surface area contributed by atoms with Gasteiger partial charge < -0.3 is 15.0 Å². The maximum absolute atomic E-state index is 12.4. The first kappa shape index (κ1) is 14.1. The fraction of sp³-hybridized carbons (Fsp3) is 0.643. The van der Waals surface area contributed by atoms with Gasteiger partial charge in [-0.1, -0.05) is 12.8 Å². The average molecular weight is 293 g/mol. The van der Waals surface area contributed by atoms with Crippen LogP contribution in [-0.2, 0) is 0 Å². The lowest BCUT2D eigenvalue weighted by molar-refractivity contribution is -0.384. The summed E-state index contributed by atoms with van der Waals surface area (Å²) in [4.78, 5) is 22.8. The molecule has 2 N–H and O–H groups in total. The van der Waals surface area contributed by atoms with Crippen molar-refractivity contribution in [3.63, 3.8) is 0 Å². The number of carbonyl (C=O) groups is 1. The van der Waals surface area contributed by atoms with Gasteiger partial charge in [-0.3, -0.25) is 14.9 Å². The molecule has 2 aliphatic carbocycles. The van der Waals surface area contributed by atoms with E-state index in [-0.39, 0.29) is 23.7 Å². The van der Waals surface area contributed by atoms with E-state index in [2.05, 4.69) is 5.32 Å². The van der Waals surface area contributed by atoms with E-state index in [0.717, 1.165) is 32.1 Å². The molecule has 7 heteroatoms. The summed E-state index contributed by atoms with van der Waals surface area (Å²) < 4.78 is 1.70. The minimum atomic E-state index is -0.526. The van der Waals surface area contributed by atoms with E-state index in [1.165, 1.54) is 12.3 Å². The molecular weight excluding hydrogens is 274 g/mol. The molecule has 1 aromatic heterocycles. The molecule has 2 fully saturated rings. The van der Waals surface area contributed by atoms with E-state index in [9.17, 15) is 20.0 Å². The molecule has 1 heterocycles. The lowest BCUT2D eigenvalue weighted by Gasteiger charge is -2.28. The number of hydrogen-bond acceptors (Lipinski definition) is 4. The van der Waals surface area contributed by atoms with Gasteiger partial charge >= 0.3 is 0 Å². The smallest absolute Gasteiger partial charge is 0.287 e. The summed E-state index contributed by atoms with van der Waals surface area (Å²) in [6.45, 7) is 0. The Balaban J connectivity index is 1.78. The normalized spacial score (nSPS) is 25.6. The summed E-state index contributed by atoms with van der Waals surface area (Å²) in [7, 11) is 0. The number of nitro groups is 1. The molecule has 3 rings (SSSR count). The van der Waals surface area contributed by atoms with Crippen LogP contribution in [-0.4, -0.2) is 32.6 Å². The van der Waals surface area contributed by atoms with Gasteiger partial charge in [-0.25, -0.2) is 0 Å². The number of aliphatic hydroxyl groups excluding tert-OH is 1. The number of carbonyl (C=O) groups excluding carboxylic acids is 1. The van der Waals surface area contributed by atoms with Gasteiger partial charge in [0.1, 0.15) is 5.69 Å². The maximum Gasteiger partial charge on any atom is 0.287 e. The number of hydrogen-bond donors (Lipinski definition) is 2. The Morgan fingerprint density at radius 2 is 2.05 bits per heavy atom. The van der Waals surface area contributed by atoms with Crippen molar-refractivity contribution in [1.82, 2.24) is 9.88 Å². The van der Waals surface area contributed by atoms with Gasteiger partial charge in [-0.05, 0) is 25.7 Å². The van der Waals surface area contributed by atoms with Crippen LogP contribution in [0.15, 0.2) is 12.3 Å². The Labute approximate surface area is 122 Å². The Hall–Kier alpha value is -1.89. The highest BCUT2D eigenvalue weighted by Crippen LogP contribution is 2.38. The molecule has 2 atom stereocenters. The highest BCUT2D eigenvalue weighted by molar-refractivity contribution is 5.94. The van der Waals surface area contributed by atoms with Gasteiger partial charge in [-0.2, -0.15) is 0 Å². The minimum absolute atomic E-state index is 0.0590. The number of aromatic nitrogens is 1. The van der Waals surface area contributed by atoms with Crippen LogP contribution in [0.2, 0.25) is 0 Å². The fourth-order valence-electron chi connectivity index (χ4n) is 2.92. The molecule has 0 unspecified atom stereocenters. The molecule has 0 bridgehead atoms. The zero-order valence-corrected chi connectivity index (χ0v) is 11.7. The molecule has 7 nitrogen and oxygen atoms in total.